The molecule has 0 amide bonds. The Morgan fingerprint density at radius 3 is 2.53 bits per heavy atom. The Morgan fingerprint density at radius 1 is 1.08 bits per heavy atom. The van der Waals surface area contributed by atoms with E-state index in [-0.39, 0.29) is 5.95 Å². The predicted octanol–water partition coefficient (Wildman–Crippen LogP) is 3.77. The van der Waals surface area contributed by atoms with Crippen molar-refractivity contribution < 1.29 is 14.6 Å². The molecule has 1 aromatic carbocycles. The number of aliphatic carboxylic acids is 1. The van der Waals surface area contributed by atoms with Gasteiger partial charge >= 0.3 is 5.97 Å². The number of nitriles is 1. The fraction of sp³-hybridized carbons (Fsp3) is 0.296. The number of nitrogens with zero attached hydrogens (tertiary/aromatic N) is 7. The van der Waals surface area contributed by atoms with Gasteiger partial charge in [0.25, 0.3) is 0 Å². The molecule has 0 aliphatic carbocycles. The highest BCUT2D eigenvalue weighted by molar-refractivity contribution is 5.78. The number of benzene rings is 1. The van der Waals surface area contributed by atoms with Crippen molar-refractivity contribution in [3.8, 4) is 28.7 Å². The highest BCUT2D eigenvalue weighted by Crippen LogP contribution is 2.27. The summed E-state index contributed by atoms with van der Waals surface area (Å²) in [5, 5.41) is 30.6. The van der Waals surface area contributed by atoms with Crippen LogP contribution in [-0.2, 0) is 22.7 Å². The molecule has 2 N–H and O–H groups in total. The van der Waals surface area contributed by atoms with Gasteiger partial charge in [0.1, 0.15) is 11.7 Å². The Hall–Kier alpha value is -4.69. The van der Waals surface area contributed by atoms with Crippen LogP contribution in [0.5, 0.6) is 0 Å². The van der Waals surface area contributed by atoms with Gasteiger partial charge in [0, 0.05) is 12.7 Å². The summed E-state index contributed by atoms with van der Waals surface area (Å²) >= 11 is 0. The Labute approximate surface area is 220 Å². The lowest BCUT2D eigenvalue weighted by Crippen LogP contribution is -2.41. The Bertz CT molecular complexity index is 1490. The first-order valence-electron chi connectivity index (χ1n) is 11.9. The number of pyridine rings is 1. The molecule has 0 fully saturated rings. The number of aromatic nitrogens is 6. The molecule has 0 saturated heterocycles. The van der Waals surface area contributed by atoms with Crippen LogP contribution in [-0.4, -0.2) is 54.2 Å². The summed E-state index contributed by atoms with van der Waals surface area (Å²) < 4.78 is 6.81. The molecule has 3 heterocycles. The van der Waals surface area contributed by atoms with E-state index in [1.54, 1.807) is 42.3 Å². The summed E-state index contributed by atoms with van der Waals surface area (Å²) in [6.07, 6.45) is 1.74. The molecule has 4 aromatic rings. The maximum atomic E-state index is 12.0. The van der Waals surface area contributed by atoms with E-state index in [0.717, 1.165) is 11.4 Å². The number of carbonyl (C=O) groups is 1. The summed E-state index contributed by atoms with van der Waals surface area (Å²) in [5.41, 5.74) is 3.59. The standard InChI is InChI=1S/C27H28N8O3/c1-27(2,3)24(25(36)37)32-26-30-21(18-8-5-7-17(11-18)13-28)12-22(31-26)23-15-35(34-33-23)14-19-9-6-10-20(29-19)16-38-4/h5-12,15,24H,14,16H2,1-4H3,(H,36,37)(H,30,31,32). The van der Waals surface area contributed by atoms with Gasteiger partial charge in [-0.15, -0.1) is 5.10 Å². The second kappa shape index (κ2) is 11.1. The van der Waals surface area contributed by atoms with Crippen molar-refractivity contribution in [3.63, 3.8) is 0 Å². The second-order valence-corrected chi connectivity index (χ2v) is 9.79. The van der Waals surface area contributed by atoms with E-state index in [1.807, 2.05) is 45.0 Å². The van der Waals surface area contributed by atoms with Gasteiger partial charge in [0.2, 0.25) is 5.95 Å². The van der Waals surface area contributed by atoms with Crippen LogP contribution in [0.3, 0.4) is 0 Å². The number of nitrogens with one attached hydrogen (secondary N) is 1. The maximum absolute atomic E-state index is 12.0. The van der Waals surface area contributed by atoms with Gasteiger partial charge in [-0.05, 0) is 35.7 Å². The lowest BCUT2D eigenvalue weighted by atomic mass is 9.87. The third-order valence-electron chi connectivity index (χ3n) is 5.68. The summed E-state index contributed by atoms with van der Waals surface area (Å²) in [6, 6.07) is 15.6. The molecule has 0 radical (unpaired) electrons. The predicted molar refractivity (Wildman–Crippen MR) is 140 cm³/mol. The first kappa shape index (κ1) is 26.4. The molecule has 4 rings (SSSR count). The van der Waals surface area contributed by atoms with Gasteiger partial charge in [0.15, 0.2) is 0 Å². The first-order valence-corrected chi connectivity index (χ1v) is 11.9. The van der Waals surface area contributed by atoms with Crippen LogP contribution in [0.1, 0.15) is 37.7 Å². The number of carboxylic acid groups (broad SMARTS) is 1. The fourth-order valence-corrected chi connectivity index (χ4v) is 3.82. The first-order chi connectivity index (χ1) is 18.2. The van der Waals surface area contributed by atoms with Crippen molar-refractivity contribution in [2.75, 3.05) is 12.4 Å². The molecule has 3 aromatic heterocycles. The fourth-order valence-electron chi connectivity index (χ4n) is 3.82. The molecule has 0 aliphatic heterocycles. The van der Waals surface area contributed by atoms with Crippen LogP contribution in [0, 0.1) is 16.7 Å². The van der Waals surface area contributed by atoms with Crippen molar-refractivity contribution >= 4 is 11.9 Å². The molecule has 0 bridgehead atoms. The Morgan fingerprint density at radius 2 is 1.82 bits per heavy atom. The molecule has 194 valence electrons. The largest absolute Gasteiger partial charge is 0.480 e. The highest BCUT2D eigenvalue weighted by Gasteiger charge is 2.32. The molecule has 0 aliphatic rings. The lowest BCUT2D eigenvalue weighted by molar-refractivity contribution is -0.140. The number of hydrogen-bond donors (Lipinski definition) is 2. The minimum atomic E-state index is -1.02. The van der Waals surface area contributed by atoms with E-state index in [4.69, 9.17) is 4.74 Å². The number of ether oxygens (including phenoxy) is 1. The quantitative estimate of drug-likeness (QED) is 0.339. The molecular formula is C27H28N8O3. The van der Waals surface area contributed by atoms with Crippen LogP contribution >= 0.6 is 0 Å². The van der Waals surface area contributed by atoms with Crippen molar-refractivity contribution in [1.82, 2.24) is 29.9 Å². The average molecular weight is 513 g/mol. The van der Waals surface area contributed by atoms with Gasteiger partial charge < -0.3 is 15.2 Å². The van der Waals surface area contributed by atoms with Crippen molar-refractivity contribution in [2.45, 2.75) is 40.0 Å². The molecule has 0 saturated carbocycles. The van der Waals surface area contributed by atoms with E-state index in [0.29, 0.717) is 41.4 Å². The van der Waals surface area contributed by atoms with Gasteiger partial charge in [-0.25, -0.2) is 19.4 Å². The van der Waals surface area contributed by atoms with Crippen LogP contribution in [0.4, 0.5) is 5.95 Å². The van der Waals surface area contributed by atoms with Gasteiger partial charge in [0.05, 0.1) is 53.8 Å². The molecule has 1 unspecified atom stereocenters. The summed E-state index contributed by atoms with van der Waals surface area (Å²) in [4.78, 5) is 25.7. The normalized spacial score (nSPS) is 12.1. The highest BCUT2D eigenvalue weighted by atomic mass is 16.5. The third-order valence-corrected chi connectivity index (χ3v) is 5.68. The SMILES string of the molecule is COCc1cccc(Cn2cc(-c3cc(-c4cccc(C#N)c4)nc(NC(C(=O)O)C(C)(C)C)n3)nn2)n1. The topological polar surface area (TPSA) is 152 Å². The minimum Gasteiger partial charge on any atom is -0.480 e. The molecule has 0 spiro atoms. The van der Waals surface area contributed by atoms with Gasteiger partial charge in [-0.1, -0.05) is 44.2 Å². The summed E-state index contributed by atoms with van der Waals surface area (Å²) in [6.45, 7) is 6.27. The number of hydrogen-bond acceptors (Lipinski definition) is 9. The van der Waals surface area contributed by atoms with Crippen LogP contribution < -0.4 is 5.32 Å². The number of anilines is 1. The van der Waals surface area contributed by atoms with Crippen LogP contribution in [0.25, 0.3) is 22.6 Å². The summed E-state index contributed by atoms with van der Waals surface area (Å²) in [7, 11) is 1.62. The zero-order valence-corrected chi connectivity index (χ0v) is 21.6. The zero-order valence-electron chi connectivity index (χ0n) is 21.6. The van der Waals surface area contributed by atoms with Gasteiger partial charge in [-0.3, -0.25) is 4.98 Å². The molecule has 1 atom stereocenters. The average Bonchev–Trinajstić information content (AvgIpc) is 3.35. The second-order valence-electron chi connectivity index (χ2n) is 9.79. The van der Waals surface area contributed by atoms with Crippen molar-refractivity contribution in [1.29, 1.82) is 5.26 Å². The monoisotopic (exact) mass is 512 g/mol. The lowest BCUT2D eigenvalue weighted by Gasteiger charge is -2.27. The van der Waals surface area contributed by atoms with Crippen LogP contribution in [0.15, 0.2) is 54.7 Å². The number of methoxy groups -OCH3 is 1. The van der Waals surface area contributed by atoms with E-state index < -0.39 is 17.4 Å². The van der Waals surface area contributed by atoms with E-state index in [1.165, 1.54) is 0 Å². The van der Waals surface area contributed by atoms with Crippen LogP contribution in [0.2, 0.25) is 0 Å². The van der Waals surface area contributed by atoms with Crippen molar-refractivity contribution in [2.24, 2.45) is 5.41 Å². The maximum Gasteiger partial charge on any atom is 0.326 e. The number of rotatable bonds is 9. The Kier molecular flexibility index (Phi) is 7.74. The third kappa shape index (κ3) is 6.35. The minimum absolute atomic E-state index is 0.130. The molecule has 11 heteroatoms. The number of carboxylic acids is 1. The Balaban J connectivity index is 1.72. The van der Waals surface area contributed by atoms with E-state index >= 15 is 0 Å². The smallest absolute Gasteiger partial charge is 0.326 e. The molecule has 11 nitrogen and oxygen atoms in total. The molecule has 38 heavy (non-hydrogen) atoms. The molecular weight excluding hydrogens is 484 g/mol. The van der Waals surface area contributed by atoms with E-state index in [9.17, 15) is 15.2 Å². The van der Waals surface area contributed by atoms with Gasteiger partial charge in [-0.2, -0.15) is 5.26 Å². The zero-order chi connectivity index (χ0) is 27.3. The van der Waals surface area contributed by atoms with Crippen molar-refractivity contribution in [3.05, 3.63) is 71.7 Å². The summed E-state index contributed by atoms with van der Waals surface area (Å²) in [5.74, 6) is -0.889. The van der Waals surface area contributed by atoms with E-state index in [2.05, 4.69) is 36.7 Å².